The zero-order valence-corrected chi connectivity index (χ0v) is 11.1. The van der Waals surface area contributed by atoms with Crippen molar-refractivity contribution in [3.63, 3.8) is 0 Å². The Bertz CT molecular complexity index is 346. The molecule has 3 amide bonds. The van der Waals surface area contributed by atoms with Gasteiger partial charge in [0.2, 0.25) is 0 Å². The zero-order valence-electron chi connectivity index (χ0n) is 11.1. The highest BCUT2D eigenvalue weighted by atomic mass is 16.2. The van der Waals surface area contributed by atoms with Gasteiger partial charge in [0.15, 0.2) is 0 Å². The van der Waals surface area contributed by atoms with Crippen molar-refractivity contribution in [2.75, 3.05) is 27.2 Å². The molecule has 96 valence electrons. The van der Waals surface area contributed by atoms with Crippen LogP contribution in [0.15, 0.2) is 0 Å². The molecule has 0 bridgehead atoms. The van der Waals surface area contributed by atoms with Crippen LogP contribution in [0.5, 0.6) is 0 Å². The van der Waals surface area contributed by atoms with Crippen LogP contribution in [0.2, 0.25) is 0 Å². The molecule has 0 aromatic rings. The highest BCUT2D eigenvalue weighted by Gasteiger charge is 2.55. The predicted molar refractivity (Wildman–Crippen MR) is 64.6 cm³/mol. The molecule has 0 aliphatic carbocycles. The number of hydrogen-bond acceptors (Lipinski definition) is 3. The topological polar surface area (TPSA) is 43.9 Å². The van der Waals surface area contributed by atoms with Gasteiger partial charge in [0.1, 0.15) is 5.54 Å². The second kappa shape index (κ2) is 3.98. The molecule has 0 radical (unpaired) electrons. The first-order valence-corrected chi connectivity index (χ1v) is 6.20. The van der Waals surface area contributed by atoms with Crippen LogP contribution < -0.4 is 0 Å². The molecule has 1 spiro atoms. The number of nitrogens with zero attached hydrogens (tertiary/aromatic N) is 3. The lowest BCUT2D eigenvalue weighted by Crippen LogP contribution is -2.56. The molecule has 0 aromatic carbocycles. The molecular weight excluding hydrogens is 218 g/mol. The van der Waals surface area contributed by atoms with Crippen LogP contribution in [0.3, 0.4) is 0 Å². The second-order valence-corrected chi connectivity index (χ2v) is 5.37. The van der Waals surface area contributed by atoms with E-state index in [0.717, 1.165) is 25.9 Å². The van der Waals surface area contributed by atoms with E-state index in [0.29, 0.717) is 6.04 Å². The fraction of sp³-hybridized carbons (Fsp3) is 0.833. The molecule has 5 heteroatoms. The molecule has 5 nitrogen and oxygen atoms in total. The molecule has 2 heterocycles. The first-order chi connectivity index (χ1) is 7.90. The van der Waals surface area contributed by atoms with E-state index >= 15 is 0 Å². The normalized spacial score (nSPS) is 25.5. The average molecular weight is 239 g/mol. The molecule has 2 aliphatic rings. The number of urea groups is 1. The van der Waals surface area contributed by atoms with Crippen molar-refractivity contribution in [1.82, 2.24) is 14.7 Å². The lowest BCUT2D eigenvalue weighted by Gasteiger charge is -2.42. The van der Waals surface area contributed by atoms with E-state index in [1.54, 1.807) is 19.0 Å². The molecule has 17 heavy (non-hydrogen) atoms. The summed E-state index contributed by atoms with van der Waals surface area (Å²) < 4.78 is 0. The first-order valence-electron chi connectivity index (χ1n) is 6.20. The Hall–Kier alpha value is -1.10. The fourth-order valence-electron chi connectivity index (χ4n) is 2.91. The molecule has 0 aromatic heterocycles. The smallest absolute Gasteiger partial charge is 0.312 e. The van der Waals surface area contributed by atoms with Gasteiger partial charge in [-0.2, -0.15) is 0 Å². The third-order valence-electron chi connectivity index (χ3n) is 4.27. The van der Waals surface area contributed by atoms with E-state index in [2.05, 4.69) is 18.7 Å². The van der Waals surface area contributed by atoms with E-state index in [1.165, 1.54) is 4.90 Å². The lowest BCUT2D eigenvalue weighted by atomic mass is 9.86. The number of likely N-dealkylation sites (N-methyl/N-ethyl adjacent to an activating group) is 2. The SMILES string of the molecule is CC(C)N1CCC2(CC1)C(=O)N(C)C(=O)N2C. The molecule has 0 saturated carbocycles. The van der Waals surface area contributed by atoms with E-state index < -0.39 is 5.54 Å². The molecule has 2 fully saturated rings. The number of rotatable bonds is 1. The number of imide groups is 1. The second-order valence-electron chi connectivity index (χ2n) is 5.37. The largest absolute Gasteiger partial charge is 0.327 e. The van der Waals surface area contributed by atoms with Crippen LogP contribution >= 0.6 is 0 Å². The van der Waals surface area contributed by atoms with Gasteiger partial charge in [-0.25, -0.2) is 4.79 Å². The summed E-state index contributed by atoms with van der Waals surface area (Å²) in [6.45, 7) is 6.09. The molecule has 0 N–H and O–H groups in total. The maximum Gasteiger partial charge on any atom is 0.327 e. The summed E-state index contributed by atoms with van der Waals surface area (Å²) in [4.78, 5) is 29.3. The van der Waals surface area contributed by atoms with Crippen molar-refractivity contribution in [2.45, 2.75) is 38.3 Å². The number of likely N-dealkylation sites (tertiary alicyclic amines) is 1. The van der Waals surface area contributed by atoms with E-state index in [4.69, 9.17) is 0 Å². The fourth-order valence-corrected chi connectivity index (χ4v) is 2.91. The maximum atomic E-state index is 12.2. The van der Waals surface area contributed by atoms with E-state index in [-0.39, 0.29) is 11.9 Å². The Morgan fingerprint density at radius 3 is 2.00 bits per heavy atom. The Morgan fingerprint density at radius 2 is 1.65 bits per heavy atom. The van der Waals surface area contributed by atoms with Crippen LogP contribution in [0, 0.1) is 0 Å². The van der Waals surface area contributed by atoms with Crippen LogP contribution in [-0.4, -0.2) is 65.4 Å². The van der Waals surface area contributed by atoms with Gasteiger partial charge >= 0.3 is 6.03 Å². The van der Waals surface area contributed by atoms with Gasteiger partial charge in [-0.1, -0.05) is 0 Å². The van der Waals surface area contributed by atoms with E-state index in [9.17, 15) is 9.59 Å². The lowest BCUT2D eigenvalue weighted by molar-refractivity contribution is -0.134. The number of carbonyl (C=O) groups is 2. The Morgan fingerprint density at radius 1 is 1.12 bits per heavy atom. The van der Waals surface area contributed by atoms with E-state index in [1.807, 2.05) is 0 Å². The summed E-state index contributed by atoms with van der Waals surface area (Å²) in [5, 5.41) is 0. The van der Waals surface area contributed by atoms with Crippen LogP contribution in [0.1, 0.15) is 26.7 Å². The van der Waals surface area contributed by atoms with Gasteiger partial charge in [-0.3, -0.25) is 9.69 Å². The molecule has 2 rings (SSSR count). The third kappa shape index (κ3) is 1.64. The molecular formula is C12H21N3O2. The van der Waals surface area contributed by atoms with Crippen molar-refractivity contribution in [3.05, 3.63) is 0 Å². The molecule has 2 aliphatic heterocycles. The summed E-state index contributed by atoms with van der Waals surface area (Å²) in [5.74, 6) is -0.0339. The minimum atomic E-state index is -0.572. The highest BCUT2D eigenvalue weighted by Crippen LogP contribution is 2.35. The van der Waals surface area contributed by atoms with Gasteiger partial charge < -0.3 is 9.80 Å². The van der Waals surface area contributed by atoms with Gasteiger partial charge in [-0.15, -0.1) is 0 Å². The average Bonchev–Trinajstić information content (AvgIpc) is 2.47. The first kappa shape index (κ1) is 12.4. The summed E-state index contributed by atoms with van der Waals surface area (Å²) in [6.07, 6.45) is 1.49. The van der Waals surface area contributed by atoms with Gasteiger partial charge in [0.05, 0.1) is 0 Å². The summed E-state index contributed by atoms with van der Waals surface area (Å²) in [5.41, 5.74) is -0.572. The predicted octanol–water partition coefficient (Wildman–Crippen LogP) is 0.753. The van der Waals surface area contributed by atoms with Crippen molar-refractivity contribution in [2.24, 2.45) is 0 Å². The van der Waals surface area contributed by atoms with Crippen molar-refractivity contribution >= 4 is 11.9 Å². The Balaban J connectivity index is 2.17. The zero-order chi connectivity index (χ0) is 12.8. The van der Waals surface area contributed by atoms with Crippen LogP contribution in [0.4, 0.5) is 4.79 Å². The number of hydrogen-bond donors (Lipinski definition) is 0. The third-order valence-corrected chi connectivity index (χ3v) is 4.27. The standard InChI is InChI=1S/C12H21N3O2/c1-9(2)15-7-5-12(6-8-15)10(16)13(3)11(17)14(12)4/h9H,5-8H2,1-4H3. The number of amides is 3. The molecule has 0 unspecified atom stereocenters. The summed E-state index contributed by atoms with van der Waals surface area (Å²) in [7, 11) is 3.32. The van der Waals surface area contributed by atoms with Gasteiger partial charge in [0.25, 0.3) is 5.91 Å². The highest BCUT2D eigenvalue weighted by molar-refractivity contribution is 6.06. The van der Waals surface area contributed by atoms with Gasteiger partial charge in [0, 0.05) is 33.2 Å². The van der Waals surface area contributed by atoms with Crippen molar-refractivity contribution in [3.8, 4) is 0 Å². The van der Waals surface area contributed by atoms with Gasteiger partial charge in [-0.05, 0) is 26.7 Å². The van der Waals surface area contributed by atoms with Crippen molar-refractivity contribution < 1.29 is 9.59 Å². The molecule has 2 saturated heterocycles. The quantitative estimate of drug-likeness (QED) is 0.634. The summed E-state index contributed by atoms with van der Waals surface area (Å²) in [6, 6.07) is 0.329. The minimum absolute atomic E-state index is 0.0339. The molecule has 0 atom stereocenters. The van der Waals surface area contributed by atoms with Crippen LogP contribution in [-0.2, 0) is 4.79 Å². The maximum absolute atomic E-state index is 12.2. The number of piperidine rings is 1. The van der Waals surface area contributed by atoms with Crippen LogP contribution in [0.25, 0.3) is 0 Å². The monoisotopic (exact) mass is 239 g/mol. The van der Waals surface area contributed by atoms with Crippen molar-refractivity contribution in [1.29, 1.82) is 0 Å². The summed E-state index contributed by atoms with van der Waals surface area (Å²) >= 11 is 0. The minimum Gasteiger partial charge on any atom is -0.312 e. The Kier molecular flexibility index (Phi) is 2.89. The number of carbonyl (C=O) groups excluding carboxylic acids is 2. The Labute approximate surface area is 102 Å².